The van der Waals surface area contributed by atoms with Crippen molar-refractivity contribution in [3.8, 4) is 0 Å². The number of benzene rings is 1. The standard InChI is InChI=1S/C24H28FN3O4SSi/c1-24(2,3)34(4,5)32-20-16(11-29)31-19(17(20)25)15-12-33-21-18(15)26-13-27-22(21)28-23(30)14-9-7-6-8-10-14/h6-13,16-17,19-20H,1-5H3,(H,26,27,28,30)/t16-,17+,19+,20-/m1/s1. The first-order valence-electron chi connectivity index (χ1n) is 11.0. The molecule has 0 bridgehead atoms. The number of nitrogens with one attached hydrogen (secondary N) is 1. The molecule has 1 aromatic carbocycles. The zero-order chi connectivity index (χ0) is 24.7. The van der Waals surface area contributed by atoms with Gasteiger partial charge in [-0.1, -0.05) is 39.0 Å². The molecule has 0 unspecified atom stereocenters. The summed E-state index contributed by atoms with van der Waals surface area (Å²) in [5, 5.41) is 4.40. The molecule has 10 heteroatoms. The van der Waals surface area contributed by atoms with E-state index in [1.807, 2.05) is 19.2 Å². The van der Waals surface area contributed by atoms with Crippen molar-refractivity contribution < 1.29 is 23.1 Å². The van der Waals surface area contributed by atoms with Crippen LogP contribution in [-0.4, -0.2) is 48.9 Å². The van der Waals surface area contributed by atoms with E-state index in [9.17, 15) is 9.59 Å². The Morgan fingerprint density at radius 3 is 2.59 bits per heavy atom. The average Bonchev–Trinajstić information content (AvgIpc) is 3.35. The first kappa shape index (κ1) is 24.6. The third kappa shape index (κ3) is 4.55. The number of halogens is 1. The number of alkyl halides is 1. The molecule has 34 heavy (non-hydrogen) atoms. The molecule has 1 amide bonds. The number of anilines is 1. The lowest BCUT2D eigenvalue weighted by Gasteiger charge is -2.39. The predicted molar refractivity (Wildman–Crippen MR) is 132 cm³/mol. The summed E-state index contributed by atoms with van der Waals surface area (Å²) in [6, 6.07) is 8.79. The van der Waals surface area contributed by atoms with E-state index in [1.165, 1.54) is 17.7 Å². The number of carbonyl (C=O) groups is 2. The topological polar surface area (TPSA) is 90.4 Å². The van der Waals surface area contributed by atoms with Gasteiger partial charge in [0.15, 0.2) is 26.6 Å². The number of aldehydes is 1. The summed E-state index contributed by atoms with van der Waals surface area (Å²) in [5.74, 6) is 0.0319. The van der Waals surface area contributed by atoms with E-state index in [0.29, 0.717) is 33.4 Å². The smallest absolute Gasteiger partial charge is 0.256 e. The number of hydrogen-bond donors (Lipinski definition) is 1. The lowest BCUT2D eigenvalue weighted by Crippen LogP contribution is -2.48. The van der Waals surface area contributed by atoms with Gasteiger partial charge in [0.2, 0.25) is 0 Å². The van der Waals surface area contributed by atoms with Crippen LogP contribution in [0.25, 0.3) is 10.2 Å². The van der Waals surface area contributed by atoms with Crippen molar-refractivity contribution in [1.29, 1.82) is 0 Å². The zero-order valence-electron chi connectivity index (χ0n) is 19.7. The Bertz CT molecular complexity index is 1200. The third-order valence-corrected chi connectivity index (χ3v) is 12.0. The van der Waals surface area contributed by atoms with E-state index < -0.39 is 32.8 Å². The Morgan fingerprint density at radius 1 is 1.24 bits per heavy atom. The van der Waals surface area contributed by atoms with Crippen LogP contribution < -0.4 is 5.32 Å². The molecule has 1 N–H and O–H groups in total. The van der Waals surface area contributed by atoms with Crippen molar-refractivity contribution >= 4 is 47.9 Å². The largest absolute Gasteiger partial charge is 0.408 e. The molecule has 180 valence electrons. The Balaban J connectivity index is 1.62. The minimum Gasteiger partial charge on any atom is -0.408 e. The molecule has 4 rings (SSSR count). The van der Waals surface area contributed by atoms with Crippen LogP contribution >= 0.6 is 11.3 Å². The normalized spacial score (nSPS) is 23.2. The molecule has 7 nitrogen and oxygen atoms in total. The maximum absolute atomic E-state index is 15.7. The first-order chi connectivity index (χ1) is 16.0. The van der Waals surface area contributed by atoms with Gasteiger partial charge in [-0.05, 0) is 35.6 Å². The summed E-state index contributed by atoms with van der Waals surface area (Å²) in [6.07, 6.45) is -2.62. The number of rotatable bonds is 6. The fourth-order valence-electron chi connectivity index (χ4n) is 3.61. The van der Waals surface area contributed by atoms with E-state index in [1.54, 1.807) is 29.6 Å². The molecule has 1 saturated heterocycles. The van der Waals surface area contributed by atoms with Gasteiger partial charge in [0, 0.05) is 11.1 Å². The fourth-order valence-corrected chi connectivity index (χ4v) is 5.89. The number of ether oxygens (including phenoxy) is 1. The number of hydrogen-bond acceptors (Lipinski definition) is 7. The van der Waals surface area contributed by atoms with Crippen LogP contribution in [0.1, 0.15) is 42.8 Å². The molecule has 0 spiro atoms. The molecule has 1 fully saturated rings. The van der Waals surface area contributed by atoms with Crippen LogP contribution in [0.3, 0.4) is 0 Å². The molecular formula is C24H28FN3O4SSi. The minimum atomic E-state index is -2.35. The van der Waals surface area contributed by atoms with Crippen molar-refractivity contribution in [2.24, 2.45) is 0 Å². The van der Waals surface area contributed by atoms with Crippen molar-refractivity contribution in [2.45, 2.75) is 63.4 Å². The van der Waals surface area contributed by atoms with E-state index in [0.717, 1.165) is 0 Å². The summed E-state index contributed by atoms with van der Waals surface area (Å²) in [6.45, 7) is 10.2. The third-order valence-electron chi connectivity index (χ3n) is 6.56. The van der Waals surface area contributed by atoms with Crippen LogP contribution in [0.15, 0.2) is 42.0 Å². The molecule has 1 aliphatic rings. The molecule has 1 aliphatic heterocycles. The van der Waals surface area contributed by atoms with Gasteiger partial charge in [0.05, 0.1) is 10.2 Å². The van der Waals surface area contributed by atoms with Gasteiger partial charge < -0.3 is 19.3 Å². The quantitative estimate of drug-likeness (QED) is 0.364. The Morgan fingerprint density at radius 2 is 1.94 bits per heavy atom. The molecule has 3 aromatic rings. The van der Waals surface area contributed by atoms with Crippen molar-refractivity contribution in [3.05, 3.63) is 53.2 Å². The first-order valence-corrected chi connectivity index (χ1v) is 14.8. The molecule has 2 aromatic heterocycles. The van der Waals surface area contributed by atoms with Gasteiger partial charge >= 0.3 is 0 Å². The van der Waals surface area contributed by atoms with Gasteiger partial charge in [0.1, 0.15) is 24.6 Å². The highest BCUT2D eigenvalue weighted by molar-refractivity contribution is 7.18. The Kier molecular flexibility index (Phi) is 6.69. The zero-order valence-corrected chi connectivity index (χ0v) is 21.6. The van der Waals surface area contributed by atoms with Crippen molar-refractivity contribution in [1.82, 2.24) is 9.97 Å². The molecule has 3 heterocycles. The molecule has 0 radical (unpaired) electrons. The second-order valence-corrected chi connectivity index (χ2v) is 15.5. The molecule has 4 atom stereocenters. The van der Waals surface area contributed by atoms with Gasteiger partial charge in [-0.3, -0.25) is 4.79 Å². The number of aromatic nitrogens is 2. The molecular weight excluding hydrogens is 473 g/mol. The summed E-state index contributed by atoms with van der Waals surface area (Å²) < 4.78 is 28.5. The van der Waals surface area contributed by atoms with Gasteiger partial charge in [-0.2, -0.15) is 0 Å². The maximum atomic E-state index is 15.7. The lowest BCUT2D eigenvalue weighted by molar-refractivity contribution is -0.120. The number of nitrogens with zero attached hydrogens (tertiary/aromatic N) is 2. The summed E-state index contributed by atoms with van der Waals surface area (Å²) >= 11 is 1.29. The second kappa shape index (κ2) is 9.25. The van der Waals surface area contributed by atoms with Gasteiger partial charge in [-0.25, -0.2) is 14.4 Å². The number of fused-ring (bicyclic) bond motifs is 1. The van der Waals surface area contributed by atoms with Crippen LogP contribution in [0.5, 0.6) is 0 Å². The lowest BCUT2D eigenvalue weighted by atomic mass is 10.0. The second-order valence-electron chi connectivity index (χ2n) is 9.86. The highest BCUT2D eigenvalue weighted by Crippen LogP contribution is 2.45. The maximum Gasteiger partial charge on any atom is 0.256 e. The molecule has 0 aliphatic carbocycles. The van der Waals surface area contributed by atoms with E-state index in [2.05, 4.69) is 36.1 Å². The summed E-state index contributed by atoms with van der Waals surface area (Å²) in [5.41, 5.74) is 1.49. The van der Waals surface area contributed by atoms with E-state index >= 15 is 4.39 Å². The Labute approximate surface area is 202 Å². The van der Waals surface area contributed by atoms with Gasteiger partial charge in [-0.15, -0.1) is 11.3 Å². The van der Waals surface area contributed by atoms with Crippen LogP contribution in [0.2, 0.25) is 18.1 Å². The predicted octanol–water partition coefficient (Wildman–Crippen LogP) is 5.31. The average molecular weight is 502 g/mol. The van der Waals surface area contributed by atoms with Crippen LogP contribution in [0.4, 0.5) is 10.2 Å². The van der Waals surface area contributed by atoms with E-state index in [4.69, 9.17) is 9.16 Å². The summed E-state index contributed by atoms with van der Waals surface area (Å²) in [4.78, 5) is 32.9. The minimum absolute atomic E-state index is 0.146. The molecule has 0 saturated carbocycles. The summed E-state index contributed by atoms with van der Waals surface area (Å²) in [7, 11) is -2.35. The number of amides is 1. The SMILES string of the molecule is CC(C)(C)[Si](C)(C)O[C@H]1[C@@H](F)[C@H](c2csc3c(NC(=O)c4ccccc4)ncnc23)O[C@@H]1C=O. The van der Waals surface area contributed by atoms with E-state index in [-0.39, 0.29) is 10.9 Å². The van der Waals surface area contributed by atoms with Crippen LogP contribution in [-0.2, 0) is 14.0 Å². The Hall–Kier alpha value is -2.53. The van der Waals surface area contributed by atoms with Crippen molar-refractivity contribution in [2.75, 3.05) is 5.32 Å². The monoisotopic (exact) mass is 501 g/mol. The van der Waals surface area contributed by atoms with Crippen molar-refractivity contribution in [3.63, 3.8) is 0 Å². The van der Waals surface area contributed by atoms with Crippen LogP contribution in [0, 0.1) is 0 Å². The highest BCUT2D eigenvalue weighted by atomic mass is 32.1. The highest BCUT2D eigenvalue weighted by Gasteiger charge is 2.51. The number of carbonyl (C=O) groups excluding carboxylic acids is 2. The number of thiophene rings is 1. The van der Waals surface area contributed by atoms with Gasteiger partial charge in [0.25, 0.3) is 5.91 Å². The fraction of sp³-hybridized carbons (Fsp3) is 0.417.